The maximum Gasteiger partial charge on any atom is 0.222 e. The Morgan fingerprint density at radius 1 is 1.41 bits per heavy atom. The third-order valence-electron chi connectivity index (χ3n) is 6.33. The first-order valence-corrected chi connectivity index (χ1v) is 11.0. The van der Waals surface area contributed by atoms with Gasteiger partial charge in [-0.25, -0.2) is 0 Å². The number of likely N-dealkylation sites (tertiary alicyclic amines) is 1. The number of H-pyrrole nitrogens is 1. The van der Waals surface area contributed by atoms with Gasteiger partial charge in [0, 0.05) is 51.5 Å². The number of halogens is 1. The first-order valence-electron chi connectivity index (χ1n) is 10.2. The van der Waals surface area contributed by atoms with Gasteiger partial charge in [0.25, 0.3) is 0 Å². The van der Waals surface area contributed by atoms with Gasteiger partial charge >= 0.3 is 0 Å². The number of carbonyl (C=O) groups excluding carboxylic acids is 1. The molecule has 1 aliphatic carbocycles. The molecule has 27 heavy (non-hydrogen) atoms. The maximum absolute atomic E-state index is 12.3. The maximum atomic E-state index is 12.3. The largest absolute Gasteiger partial charge is 0.358 e. The number of aromatic amines is 1. The third-order valence-corrected chi connectivity index (χ3v) is 6.79. The van der Waals surface area contributed by atoms with Crippen LogP contribution in [0.25, 0.3) is 10.9 Å². The Morgan fingerprint density at radius 3 is 2.89 bits per heavy atom. The number of piperidine rings is 1. The second-order valence-electron chi connectivity index (χ2n) is 8.61. The second kappa shape index (κ2) is 7.25. The standard InChI is InChI=1S/C22H30BrN3O/c1-5-6-26-11-15(25-22(27)12(2)3)9-17-18-7-14(23)8-19-21(18)16(10-20(17)26)13(4)24-19/h7-8,12,15,17,20,24H,5-6,9-11H2,1-4H3,(H,25,27)/t15-,17?,20+/m0/s1. The molecular weight excluding hydrogens is 402 g/mol. The van der Waals surface area contributed by atoms with E-state index in [-0.39, 0.29) is 17.9 Å². The molecule has 1 aromatic heterocycles. The normalized spacial score (nSPS) is 25.0. The van der Waals surface area contributed by atoms with E-state index in [4.69, 9.17) is 0 Å². The van der Waals surface area contributed by atoms with Crippen molar-refractivity contribution < 1.29 is 4.79 Å². The van der Waals surface area contributed by atoms with Crippen LogP contribution in [0, 0.1) is 12.8 Å². The number of hydrogen-bond acceptors (Lipinski definition) is 2. The molecule has 0 saturated carbocycles. The Labute approximate surface area is 170 Å². The minimum Gasteiger partial charge on any atom is -0.358 e. The molecular formula is C22H30BrN3O. The monoisotopic (exact) mass is 431 g/mol. The van der Waals surface area contributed by atoms with Crippen LogP contribution in [0.1, 0.15) is 56.4 Å². The molecule has 1 aliphatic heterocycles. The van der Waals surface area contributed by atoms with Gasteiger partial charge in [-0.15, -0.1) is 0 Å². The number of nitrogens with one attached hydrogen (secondary N) is 2. The topological polar surface area (TPSA) is 48.1 Å². The first-order chi connectivity index (χ1) is 12.9. The van der Waals surface area contributed by atoms with Crippen LogP contribution in [0.5, 0.6) is 0 Å². The molecule has 4 nitrogen and oxygen atoms in total. The van der Waals surface area contributed by atoms with Crippen molar-refractivity contribution in [3.8, 4) is 0 Å². The molecule has 1 aromatic carbocycles. The fourth-order valence-corrected chi connectivity index (χ4v) is 5.59. The minimum atomic E-state index is 0.0326. The summed E-state index contributed by atoms with van der Waals surface area (Å²) in [5.41, 5.74) is 5.47. The summed E-state index contributed by atoms with van der Waals surface area (Å²) < 4.78 is 1.13. The van der Waals surface area contributed by atoms with Crippen LogP contribution in [0.3, 0.4) is 0 Å². The molecule has 3 atom stereocenters. The third kappa shape index (κ3) is 3.33. The molecule has 1 unspecified atom stereocenters. The van der Waals surface area contributed by atoms with Gasteiger partial charge in [0.05, 0.1) is 0 Å². The van der Waals surface area contributed by atoms with Gasteiger partial charge in [0.1, 0.15) is 0 Å². The fourth-order valence-electron chi connectivity index (χ4n) is 5.12. The number of rotatable bonds is 4. The Morgan fingerprint density at radius 2 is 2.19 bits per heavy atom. The van der Waals surface area contributed by atoms with Crippen LogP contribution in [-0.4, -0.2) is 41.0 Å². The summed E-state index contributed by atoms with van der Waals surface area (Å²) in [4.78, 5) is 18.6. The number of hydrogen-bond donors (Lipinski definition) is 2. The smallest absolute Gasteiger partial charge is 0.222 e. The van der Waals surface area contributed by atoms with Gasteiger partial charge in [0.2, 0.25) is 5.91 Å². The Kier molecular flexibility index (Phi) is 5.10. The average molecular weight is 432 g/mol. The summed E-state index contributed by atoms with van der Waals surface area (Å²) >= 11 is 3.72. The average Bonchev–Trinajstić information content (AvgIpc) is 2.91. The molecule has 2 aromatic rings. The van der Waals surface area contributed by atoms with E-state index in [1.54, 1.807) is 0 Å². The van der Waals surface area contributed by atoms with Crippen molar-refractivity contribution in [2.75, 3.05) is 13.1 Å². The van der Waals surface area contributed by atoms with Gasteiger partial charge in [-0.3, -0.25) is 9.69 Å². The van der Waals surface area contributed by atoms with Crippen molar-refractivity contribution in [3.63, 3.8) is 0 Å². The molecule has 5 heteroatoms. The number of benzene rings is 1. The summed E-state index contributed by atoms with van der Waals surface area (Å²) in [6.07, 6.45) is 3.27. The molecule has 1 amide bonds. The van der Waals surface area contributed by atoms with E-state index in [1.807, 2.05) is 13.8 Å². The van der Waals surface area contributed by atoms with E-state index in [9.17, 15) is 4.79 Å². The van der Waals surface area contributed by atoms with E-state index in [1.165, 1.54) is 27.7 Å². The predicted molar refractivity (Wildman–Crippen MR) is 114 cm³/mol. The van der Waals surface area contributed by atoms with E-state index < -0.39 is 0 Å². The van der Waals surface area contributed by atoms with Crippen LogP contribution in [0.4, 0.5) is 0 Å². The zero-order valence-corrected chi connectivity index (χ0v) is 18.3. The molecule has 4 rings (SSSR count). The highest BCUT2D eigenvalue weighted by Gasteiger charge is 2.41. The summed E-state index contributed by atoms with van der Waals surface area (Å²) in [7, 11) is 0. The van der Waals surface area contributed by atoms with Crippen LogP contribution in [0.2, 0.25) is 0 Å². The number of aromatic nitrogens is 1. The van der Waals surface area contributed by atoms with Gasteiger partial charge in [-0.05, 0) is 56.0 Å². The number of nitrogens with zero attached hydrogens (tertiary/aromatic N) is 1. The van der Waals surface area contributed by atoms with Crippen LogP contribution < -0.4 is 5.32 Å². The van der Waals surface area contributed by atoms with Gasteiger partial charge in [-0.1, -0.05) is 36.7 Å². The summed E-state index contributed by atoms with van der Waals surface area (Å²) in [5.74, 6) is 0.666. The SMILES string of the molecule is CCCN1C[C@@H](NC(=O)C(C)C)CC2c3cc(Br)cc4[nH]c(C)c(c34)C[C@H]21. The van der Waals surface area contributed by atoms with Gasteiger partial charge in [-0.2, -0.15) is 0 Å². The summed E-state index contributed by atoms with van der Waals surface area (Å²) in [6, 6.07) is 5.26. The number of amides is 1. The highest BCUT2D eigenvalue weighted by molar-refractivity contribution is 9.10. The van der Waals surface area contributed by atoms with Gasteiger partial charge < -0.3 is 10.3 Å². The molecule has 0 spiro atoms. The highest BCUT2D eigenvalue weighted by atomic mass is 79.9. The number of aryl methyl sites for hydroxylation is 1. The van der Waals surface area contributed by atoms with Crippen LogP contribution in [-0.2, 0) is 11.2 Å². The summed E-state index contributed by atoms with van der Waals surface area (Å²) in [6.45, 7) is 10.4. The van der Waals surface area contributed by atoms with E-state index in [0.717, 1.165) is 36.8 Å². The lowest BCUT2D eigenvalue weighted by Crippen LogP contribution is -2.56. The number of fused-ring (bicyclic) bond motifs is 2. The van der Waals surface area contributed by atoms with Crippen molar-refractivity contribution in [1.82, 2.24) is 15.2 Å². The van der Waals surface area contributed by atoms with Crippen molar-refractivity contribution in [3.05, 3.63) is 33.4 Å². The Balaban J connectivity index is 1.75. The molecule has 2 heterocycles. The van der Waals surface area contributed by atoms with E-state index in [2.05, 4.69) is 57.1 Å². The van der Waals surface area contributed by atoms with E-state index >= 15 is 0 Å². The molecule has 1 fully saturated rings. The number of carbonyl (C=O) groups is 1. The first kappa shape index (κ1) is 19.0. The zero-order valence-electron chi connectivity index (χ0n) is 16.7. The van der Waals surface area contributed by atoms with Crippen LogP contribution >= 0.6 is 15.9 Å². The fraction of sp³-hybridized carbons (Fsp3) is 0.591. The molecule has 0 bridgehead atoms. The van der Waals surface area contributed by atoms with Crippen LogP contribution in [0.15, 0.2) is 16.6 Å². The second-order valence-corrected chi connectivity index (χ2v) is 9.53. The Hall–Kier alpha value is -1.33. The lowest BCUT2D eigenvalue weighted by molar-refractivity contribution is -0.125. The van der Waals surface area contributed by atoms with Crippen molar-refractivity contribution in [1.29, 1.82) is 0 Å². The molecule has 2 N–H and O–H groups in total. The lowest BCUT2D eigenvalue weighted by Gasteiger charge is -2.47. The molecule has 0 radical (unpaired) electrons. The van der Waals surface area contributed by atoms with Crippen molar-refractivity contribution in [2.24, 2.45) is 5.92 Å². The molecule has 1 saturated heterocycles. The van der Waals surface area contributed by atoms with Crippen molar-refractivity contribution in [2.45, 2.75) is 65.0 Å². The van der Waals surface area contributed by atoms with Gasteiger partial charge in [0.15, 0.2) is 0 Å². The molecule has 2 aliphatic rings. The lowest BCUT2D eigenvalue weighted by atomic mass is 9.73. The van der Waals surface area contributed by atoms with E-state index in [0.29, 0.717) is 12.0 Å². The minimum absolute atomic E-state index is 0.0326. The molecule has 146 valence electrons. The van der Waals surface area contributed by atoms with Crippen molar-refractivity contribution >= 4 is 32.7 Å². The Bertz CT molecular complexity index is 872. The zero-order chi connectivity index (χ0) is 19.3. The highest BCUT2D eigenvalue weighted by Crippen LogP contribution is 2.45. The summed E-state index contributed by atoms with van der Waals surface area (Å²) in [5, 5.41) is 4.74. The quantitative estimate of drug-likeness (QED) is 0.747. The predicted octanol–water partition coefficient (Wildman–Crippen LogP) is 4.50.